The summed E-state index contributed by atoms with van der Waals surface area (Å²) in [6.45, 7) is 0. The maximum absolute atomic E-state index is 12.5. The predicted molar refractivity (Wildman–Crippen MR) is 42.5 cm³/mol. The lowest BCUT2D eigenvalue weighted by Crippen LogP contribution is -2.51. The molecule has 0 aromatic rings. The third-order valence-corrected chi connectivity index (χ3v) is 2.97. The van der Waals surface area contributed by atoms with Gasteiger partial charge in [0.25, 0.3) is 0 Å². The van der Waals surface area contributed by atoms with Gasteiger partial charge in [-0.3, -0.25) is 0 Å². The van der Waals surface area contributed by atoms with Crippen LogP contribution >= 0.6 is 0 Å². The second-order valence-electron chi connectivity index (χ2n) is 3.92. The molecular formula is C8H9BF6. The van der Waals surface area contributed by atoms with Crippen LogP contribution in [0.5, 0.6) is 0 Å². The minimum absolute atomic E-state index is 0.237. The monoisotopic (exact) mass is 230 g/mol. The molecule has 0 nitrogen and oxygen atoms in total. The van der Waals surface area contributed by atoms with E-state index in [2.05, 4.69) is 0 Å². The quantitative estimate of drug-likeness (QED) is 0.440. The zero-order chi connectivity index (χ0) is 11.9. The van der Waals surface area contributed by atoms with Crippen LogP contribution in [0.15, 0.2) is 0 Å². The van der Waals surface area contributed by atoms with Crippen LogP contribution in [0, 0.1) is 5.41 Å². The van der Waals surface area contributed by atoms with Gasteiger partial charge in [-0.1, -0.05) is 18.7 Å². The topological polar surface area (TPSA) is 0 Å². The highest BCUT2D eigenvalue weighted by Gasteiger charge is 2.70. The molecule has 2 radical (unpaired) electrons. The summed E-state index contributed by atoms with van der Waals surface area (Å²) in [5.41, 5.74) is -3.55. The van der Waals surface area contributed by atoms with Crippen molar-refractivity contribution in [3.8, 4) is 0 Å². The van der Waals surface area contributed by atoms with E-state index in [1.807, 2.05) is 0 Å². The Labute approximate surface area is 84.4 Å². The highest BCUT2D eigenvalue weighted by molar-refractivity contribution is 6.11. The molecule has 0 spiro atoms. The first-order valence-electron chi connectivity index (χ1n) is 4.49. The molecule has 0 bridgehead atoms. The molecule has 86 valence electrons. The molecule has 1 fully saturated rings. The van der Waals surface area contributed by atoms with Crippen LogP contribution in [0.3, 0.4) is 0 Å². The van der Waals surface area contributed by atoms with E-state index < -0.39 is 36.4 Å². The Morgan fingerprint density at radius 1 is 0.867 bits per heavy atom. The average molecular weight is 230 g/mol. The van der Waals surface area contributed by atoms with Gasteiger partial charge in [-0.05, 0) is 12.8 Å². The van der Waals surface area contributed by atoms with Gasteiger partial charge in [0.2, 0.25) is 0 Å². The first kappa shape index (κ1) is 12.7. The zero-order valence-corrected chi connectivity index (χ0v) is 7.75. The van der Waals surface area contributed by atoms with Crippen LogP contribution in [-0.2, 0) is 0 Å². The van der Waals surface area contributed by atoms with Crippen LogP contribution < -0.4 is 0 Å². The Kier molecular flexibility index (Phi) is 3.04. The summed E-state index contributed by atoms with van der Waals surface area (Å²) in [7, 11) is 5.31. The van der Waals surface area contributed by atoms with Gasteiger partial charge in [-0.25, -0.2) is 0 Å². The molecule has 0 amide bonds. The summed E-state index contributed by atoms with van der Waals surface area (Å²) < 4.78 is 74.8. The van der Waals surface area contributed by atoms with Gasteiger partial charge in [0.05, 0.1) is 7.85 Å². The lowest BCUT2D eigenvalue weighted by molar-refractivity contribution is -0.349. The number of halogens is 6. The summed E-state index contributed by atoms with van der Waals surface area (Å²) in [4.78, 5) is 0. The minimum Gasteiger partial charge on any atom is -0.170 e. The lowest BCUT2D eigenvalue weighted by atomic mass is 9.64. The number of hydrogen-bond donors (Lipinski definition) is 0. The van der Waals surface area contributed by atoms with Crippen LogP contribution in [0.1, 0.15) is 25.7 Å². The molecule has 7 heteroatoms. The van der Waals surface area contributed by atoms with Crippen molar-refractivity contribution in [2.24, 2.45) is 5.41 Å². The van der Waals surface area contributed by atoms with Gasteiger partial charge in [-0.15, -0.1) is 0 Å². The van der Waals surface area contributed by atoms with E-state index >= 15 is 0 Å². The van der Waals surface area contributed by atoms with Crippen molar-refractivity contribution in [3.63, 3.8) is 0 Å². The Hall–Kier alpha value is -0.355. The molecule has 0 aliphatic heterocycles. The van der Waals surface area contributed by atoms with Crippen molar-refractivity contribution in [1.29, 1.82) is 0 Å². The van der Waals surface area contributed by atoms with Crippen molar-refractivity contribution in [2.75, 3.05) is 0 Å². The molecule has 0 N–H and O–H groups in total. The summed E-state index contributed by atoms with van der Waals surface area (Å²) in [6.07, 6.45) is -12.9. The van der Waals surface area contributed by atoms with Crippen molar-refractivity contribution < 1.29 is 26.3 Å². The molecule has 0 saturated heterocycles. The van der Waals surface area contributed by atoms with E-state index in [9.17, 15) is 26.3 Å². The van der Waals surface area contributed by atoms with Gasteiger partial charge in [0, 0.05) is 0 Å². The summed E-state index contributed by atoms with van der Waals surface area (Å²) in [5, 5.41) is 0. The molecule has 0 unspecified atom stereocenters. The van der Waals surface area contributed by atoms with Crippen LogP contribution in [0.2, 0.25) is 5.82 Å². The standard InChI is InChI=1S/C8H9BF6/c9-5-1-3-6(4-2-5,7(10,11)12)8(13,14)15/h5H,1-4H2. The Bertz CT molecular complexity index is 206. The van der Waals surface area contributed by atoms with Gasteiger partial charge in [0.15, 0.2) is 5.41 Å². The minimum atomic E-state index is -5.24. The second-order valence-corrected chi connectivity index (χ2v) is 3.92. The van der Waals surface area contributed by atoms with Crippen LogP contribution in [0.25, 0.3) is 0 Å². The van der Waals surface area contributed by atoms with Crippen molar-refractivity contribution in [2.45, 2.75) is 43.9 Å². The van der Waals surface area contributed by atoms with Crippen molar-refractivity contribution >= 4 is 7.85 Å². The normalized spacial score (nSPS) is 24.1. The van der Waals surface area contributed by atoms with Gasteiger partial charge >= 0.3 is 12.4 Å². The predicted octanol–water partition coefficient (Wildman–Crippen LogP) is 3.63. The Morgan fingerprint density at radius 2 is 1.20 bits per heavy atom. The third kappa shape index (κ3) is 2.11. The molecule has 1 saturated carbocycles. The number of hydrogen-bond acceptors (Lipinski definition) is 0. The third-order valence-electron chi connectivity index (χ3n) is 2.97. The molecule has 0 heterocycles. The fraction of sp³-hybridized carbons (Fsp3) is 1.00. The summed E-state index contributed by atoms with van der Waals surface area (Å²) in [6, 6.07) is 0. The van der Waals surface area contributed by atoms with Crippen LogP contribution in [0.4, 0.5) is 26.3 Å². The first-order chi connectivity index (χ1) is 6.60. The lowest BCUT2D eigenvalue weighted by Gasteiger charge is -2.41. The SMILES string of the molecule is [B]C1CCC(C(F)(F)F)(C(F)(F)F)CC1. The first-order valence-corrected chi connectivity index (χ1v) is 4.49. The molecule has 1 aliphatic carbocycles. The molecule has 0 aromatic carbocycles. The molecular weight excluding hydrogens is 221 g/mol. The van der Waals surface area contributed by atoms with E-state index in [-0.39, 0.29) is 12.8 Å². The van der Waals surface area contributed by atoms with E-state index in [0.29, 0.717) is 0 Å². The second kappa shape index (κ2) is 3.59. The molecule has 15 heavy (non-hydrogen) atoms. The Balaban J connectivity index is 2.99. The molecule has 1 rings (SSSR count). The van der Waals surface area contributed by atoms with E-state index in [4.69, 9.17) is 7.85 Å². The number of rotatable bonds is 0. The maximum Gasteiger partial charge on any atom is 0.403 e. The van der Waals surface area contributed by atoms with Gasteiger partial charge in [-0.2, -0.15) is 26.3 Å². The van der Waals surface area contributed by atoms with Gasteiger partial charge < -0.3 is 0 Å². The number of alkyl halides is 6. The average Bonchev–Trinajstić information content (AvgIpc) is 2.00. The fourth-order valence-electron chi connectivity index (χ4n) is 1.86. The highest BCUT2D eigenvalue weighted by Crippen LogP contribution is 2.59. The molecule has 1 aliphatic rings. The fourth-order valence-corrected chi connectivity index (χ4v) is 1.86. The van der Waals surface area contributed by atoms with Crippen LogP contribution in [-0.4, -0.2) is 20.2 Å². The summed E-state index contributed by atoms with van der Waals surface area (Å²) >= 11 is 0. The van der Waals surface area contributed by atoms with Gasteiger partial charge in [0.1, 0.15) is 0 Å². The van der Waals surface area contributed by atoms with E-state index in [1.54, 1.807) is 0 Å². The van der Waals surface area contributed by atoms with Crippen molar-refractivity contribution in [3.05, 3.63) is 0 Å². The zero-order valence-electron chi connectivity index (χ0n) is 7.75. The molecule has 0 atom stereocenters. The molecule has 0 aromatic heterocycles. The van der Waals surface area contributed by atoms with Crippen molar-refractivity contribution in [1.82, 2.24) is 0 Å². The Morgan fingerprint density at radius 3 is 1.47 bits per heavy atom. The largest absolute Gasteiger partial charge is 0.403 e. The highest BCUT2D eigenvalue weighted by atomic mass is 19.4. The smallest absolute Gasteiger partial charge is 0.170 e. The maximum atomic E-state index is 12.5. The summed E-state index contributed by atoms with van der Waals surface area (Å²) in [5.74, 6) is -0.553. The van der Waals surface area contributed by atoms with E-state index in [1.165, 1.54) is 0 Å². The van der Waals surface area contributed by atoms with E-state index in [0.717, 1.165) is 0 Å².